The number of hydrogen-bond acceptors (Lipinski definition) is 7. The van der Waals surface area contributed by atoms with E-state index in [9.17, 15) is 14.4 Å². The zero-order chi connectivity index (χ0) is 43.7. The number of piperidine rings is 1. The average Bonchev–Trinajstić information content (AvgIpc) is 3.24. The number of carbonyl (C=O) groups is 3. The first-order valence-electron chi connectivity index (χ1n) is 26.5. The first-order valence-corrected chi connectivity index (χ1v) is 26.5. The average molecular weight is 864 g/mol. The molecule has 7 nitrogen and oxygen atoms in total. The molecule has 0 spiro atoms. The van der Waals surface area contributed by atoms with Gasteiger partial charge in [-0.15, -0.1) is 0 Å². The second kappa shape index (κ2) is 43.6. The Morgan fingerprint density at radius 1 is 0.443 bits per heavy atom. The van der Waals surface area contributed by atoms with Gasteiger partial charge in [-0.1, -0.05) is 202 Å². The molecule has 0 N–H and O–H groups in total. The number of nitrogens with zero attached hydrogens (tertiary/aromatic N) is 1. The molecule has 1 heterocycles. The van der Waals surface area contributed by atoms with Crippen LogP contribution in [0, 0.1) is 23.7 Å². The lowest BCUT2D eigenvalue weighted by molar-refractivity contribution is -0.152. The maximum Gasteiger partial charge on any atom is 0.309 e. The SMILES string of the molecule is C.CCCCCC(CCCCC)CCCCCCCOC(=O)CCCC(CCCC(=O)OCCCCCCCC(CCCCC)CCCCC)COC(=O)C1CCN(C)CC1. The predicted octanol–water partition coefficient (Wildman–Crippen LogP) is 15.8. The van der Waals surface area contributed by atoms with Gasteiger partial charge < -0.3 is 19.1 Å². The third kappa shape index (κ3) is 36.4. The molecule has 0 aromatic rings. The van der Waals surface area contributed by atoms with E-state index in [-0.39, 0.29) is 37.2 Å². The van der Waals surface area contributed by atoms with Gasteiger partial charge in [0.15, 0.2) is 0 Å². The highest BCUT2D eigenvalue weighted by Gasteiger charge is 2.25. The molecule has 0 aromatic carbocycles. The van der Waals surface area contributed by atoms with Crippen LogP contribution in [-0.2, 0) is 28.6 Å². The van der Waals surface area contributed by atoms with Crippen LogP contribution in [0.1, 0.15) is 266 Å². The standard InChI is InChI=1S/C53H101NO6.CH4/c1-6-10-20-30-47(31-21-11-7-2)34-24-16-14-18-26-44-58-51(55)38-28-36-49(46-60-53(57)50-40-42-54(5)43-41-50)37-29-39-52(56)59-45-27-19-15-17-25-35-48(32-22-12-8-3)33-23-13-9-4;/h47-50H,6-46H2,1-5H3;1H4. The lowest BCUT2D eigenvalue weighted by Crippen LogP contribution is -2.34. The molecule has 7 heteroatoms. The second-order valence-corrected chi connectivity index (χ2v) is 19.1. The van der Waals surface area contributed by atoms with Crippen LogP contribution in [0.2, 0.25) is 0 Å². The van der Waals surface area contributed by atoms with E-state index < -0.39 is 0 Å². The smallest absolute Gasteiger partial charge is 0.309 e. The van der Waals surface area contributed by atoms with E-state index in [1.807, 2.05) is 0 Å². The lowest BCUT2D eigenvalue weighted by Gasteiger charge is -2.28. The van der Waals surface area contributed by atoms with Gasteiger partial charge in [-0.3, -0.25) is 14.4 Å². The van der Waals surface area contributed by atoms with E-state index in [4.69, 9.17) is 14.2 Å². The summed E-state index contributed by atoms with van der Waals surface area (Å²) in [7, 11) is 2.09. The molecule has 0 unspecified atom stereocenters. The molecule has 0 aliphatic carbocycles. The largest absolute Gasteiger partial charge is 0.466 e. The molecule has 0 aromatic heterocycles. The minimum absolute atomic E-state index is 0. The van der Waals surface area contributed by atoms with E-state index in [1.165, 1.54) is 154 Å². The van der Waals surface area contributed by atoms with Crippen molar-refractivity contribution in [2.75, 3.05) is 40.0 Å². The van der Waals surface area contributed by atoms with Gasteiger partial charge in [-0.2, -0.15) is 0 Å². The summed E-state index contributed by atoms with van der Waals surface area (Å²) >= 11 is 0. The molecule has 0 atom stereocenters. The zero-order valence-electron chi connectivity index (χ0n) is 40.7. The van der Waals surface area contributed by atoms with Crippen molar-refractivity contribution in [1.29, 1.82) is 0 Å². The zero-order valence-corrected chi connectivity index (χ0v) is 40.7. The summed E-state index contributed by atoms with van der Waals surface area (Å²) in [5.41, 5.74) is 0. The Kier molecular flexibility index (Phi) is 42.4. The highest BCUT2D eigenvalue weighted by atomic mass is 16.5. The lowest BCUT2D eigenvalue weighted by atomic mass is 9.90. The van der Waals surface area contributed by atoms with E-state index in [0.29, 0.717) is 45.5 Å². The Morgan fingerprint density at radius 2 is 0.770 bits per heavy atom. The highest BCUT2D eigenvalue weighted by Crippen LogP contribution is 2.26. The van der Waals surface area contributed by atoms with Crippen LogP contribution < -0.4 is 0 Å². The summed E-state index contributed by atoms with van der Waals surface area (Å²) in [5, 5.41) is 0. The Labute approximate surface area is 380 Å². The number of unbranched alkanes of at least 4 members (excludes halogenated alkanes) is 16. The Balaban J connectivity index is 0.0000360. The molecule has 0 bridgehead atoms. The van der Waals surface area contributed by atoms with Crippen molar-refractivity contribution in [2.45, 2.75) is 266 Å². The van der Waals surface area contributed by atoms with Crippen LogP contribution in [-0.4, -0.2) is 62.8 Å². The second-order valence-electron chi connectivity index (χ2n) is 19.1. The van der Waals surface area contributed by atoms with Crippen molar-refractivity contribution in [2.24, 2.45) is 23.7 Å². The summed E-state index contributed by atoms with van der Waals surface area (Å²) in [4.78, 5) is 40.3. The first-order chi connectivity index (χ1) is 29.3. The van der Waals surface area contributed by atoms with Crippen molar-refractivity contribution in [3.63, 3.8) is 0 Å². The van der Waals surface area contributed by atoms with E-state index in [2.05, 4.69) is 39.6 Å². The van der Waals surface area contributed by atoms with Crippen LogP contribution in [0.4, 0.5) is 0 Å². The molecule has 1 saturated heterocycles. The fraction of sp³-hybridized carbons (Fsp3) is 0.944. The van der Waals surface area contributed by atoms with E-state index in [1.54, 1.807) is 0 Å². The Morgan fingerprint density at radius 3 is 1.15 bits per heavy atom. The van der Waals surface area contributed by atoms with Gasteiger partial charge in [-0.25, -0.2) is 0 Å². The monoisotopic (exact) mass is 864 g/mol. The topological polar surface area (TPSA) is 82.1 Å². The van der Waals surface area contributed by atoms with Gasteiger partial charge in [0.1, 0.15) is 0 Å². The highest BCUT2D eigenvalue weighted by molar-refractivity contribution is 5.72. The molecule has 61 heavy (non-hydrogen) atoms. The molecule has 1 aliphatic heterocycles. The Bertz CT molecular complexity index is 903. The number of hydrogen-bond donors (Lipinski definition) is 0. The van der Waals surface area contributed by atoms with Gasteiger partial charge in [0.05, 0.1) is 25.7 Å². The molecule has 0 amide bonds. The summed E-state index contributed by atoms with van der Waals surface area (Å²) in [6, 6.07) is 0. The fourth-order valence-corrected chi connectivity index (χ4v) is 9.19. The molecule has 362 valence electrons. The first kappa shape index (κ1) is 59.4. The van der Waals surface area contributed by atoms with Crippen molar-refractivity contribution < 1.29 is 28.6 Å². The summed E-state index contributed by atoms with van der Waals surface area (Å²) in [5.74, 6) is 1.57. The van der Waals surface area contributed by atoms with Crippen molar-refractivity contribution in [1.82, 2.24) is 4.90 Å². The molecule has 1 aliphatic rings. The maximum atomic E-state index is 12.9. The summed E-state index contributed by atoms with van der Waals surface area (Å²) in [6.07, 6.45) is 41.9. The minimum atomic E-state index is -0.128. The van der Waals surface area contributed by atoms with Gasteiger partial charge in [0.2, 0.25) is 0 Å². The van der Waals surface area contributed by atoms with Gasteiger partial charge >= 0.3 is 17.9 Å². The van der Waals surface area contributed by atoms with Crippen molar-refractivity contribution in [3.8, 4) is 0 Å². The Hall–Kier alpha value is -1.63. The van der Waals surface area contributed by atoms with E-state index in [0.717, 1.165) is 76.3 Å². The molecule has 0 radical (unpaired) electrons. The minimum Gasteiger partial charge on any atom is -0.466 e. The number of esters is 3. The van der Waals surface area contributed by atoms with Gasteiger partial charge in [0.25, 0.3) is 0 Å². The normalized spacial score (nSPS) is 13.6. The van der Waals surface area contributed by atoms with Crippen molar-refractivity contribution in [3.05, 3.63) is 0 Å². The van der Waals surface area contributed by atoms with Crippen LogP contribution >= 0.6 is 0 Å². The van der Waals surface area contributed by atoms with Crippen LogP contribution in [0.3, 0.4) is 0 Å². The van der Waals surface area contributed by atoms with Crippen LogP contribution in [0.15, 0.2) is 0 Å². The summed E-state index contributed by atoms with van der Waals surface area (Å²) in [6.45, 7) is 12.4. The molecule has 1 fully saturated rings. The van der Waals surface area contributed by atoms with Gasteiger partial charge in [-0.05, 0) is 89.3 Å². The molecular formula is C54H105NO6. The molecule has 0 saturated carbocycles. The third-order valence-corrected chi connectivity index (χ3v) is 13.4. The maximum absolute atomic E-state index is 12.9. The number of ether oxygens (including phenoxy) is 3. The number of likely N-dealkylation sites (tertiary alicyclic amines) is 1. The van der Waals surface area contributed by atoms with Crippen LogP contribution in [0.5, 0.6) is 0 Å². The quantitative estimate of drug-likeness (QED) is 0.0343. The molecule has 1 rings (SSSR count). The fourth-order valence-electron chi connectivity index (χ4n) is 9.19. The molecular weight excluding hydrogens is 759 g/mol. The van der Waals surface area contributed by atoms with Gasteiger partial charge in [0, 0.05) is 12.8 Å². The van der Waals surface area contributed by atoms with Crippen LogP contribution in [0.25, 0.3) is 0 Å². The predicted molar refractivity (Wildman–Crippen MR) is 260 cm³/mol. The number of rotatable bonds is 43. The third-order valence-electron chi connectivity index (χ3n) is 13.4. The van der Waals surface area contributed by atoms with Crippen molar-refractivity contribution >= 4 is 17.9 Å². The number of carbonyl (C=O) groups excluding carboxylic acids is 3. The summed E-state index contributed by atoms with van der Waals surface area (Å²) < 4.78 is 17.1. The van der Waals surface area contributed by atoms with E-state index >= 15 is 0 Å².